The quantitative estimate of drug-likeness (QED) is 0.896. The molecule has 0 radical (unpaired) electrons. The summed E-state index contributed by atoms with van der Waals surface area (Å²) >= 11 is 0. The Labute approximate surface area is 121 Å². The molecule has 3 atom stereocenters. The van der Waals surface area contributed by atoms with Crippen molar-refractivity contribution in [3.05, 3.63) is 35.4 Å². The lowest BCUT2D eigenvalue weighted by Gasteiger charge is -2.26. The monoisotopic (exact) mass is 301 g/mol. The van der Waals surface area contributed by atoms with E-state index in [1.54, 1.807) is 6.07 Å². The van der Waals surface area contributed by atoms with Crippen LogP contribution in [0.25, 0.3) is 0 Å². The van der Waals surface area contributed by atoms with E-state index in [4.69, 9.17) is 5.11 Å². The van der Waals surface area contributed by atoms with Gasteiger partial charge in [-0.1, -0.05) is 24.6 Å². The van der Waals surface area contributed by atoms with Crippen LogP contribution in [0.5, 0.6) is 0 Å². The Morgan fingerprint density at radius 1 is 1.33 bits per heavy atom. The maximum Gasteiger partial charge on any atom is 0.416 e. The van der Waals surface area contributed by atoms with Gasteiger partial charge in [-0.15, -0.1) is 0 Å². The van der Waals surface area contributed by atoms with Crippen LogP contribution in [0.4, 0.5) is 13.2 Å². The Bertz CT molecular complexity index is 516. The number of aliphatic carboxylic acids is 1. The maximum absolute atomic E-state index is 13.1. The molecule has 1 aromatic carbocycles. The zero-order chi connectivity index (χ0) is 15.6. The minimum absolute atomic E-state index is 0.236. The van der Waals surface area contributed by atoms with E-state index in [1.165, 1.54) is 19.1 Å². The van der Waals surface area contributed by atoms with Crippen LogP contribution in [0, 0.1) is 0 Å². The molecule has 1 aliphatic carbocycles. The predicted octanol–water partition coefficient (Wildman–Crippen LogP) is 3.40. The summed E-state index contributed by atoms with van der Waals surface area (Å²) in [4.78, 5) is 10.9. The Kier molecular flexibility index (Phi) is 4.56. The van der Waals surface area contributed by atoms with Crippen LogP contribution in [0.3, 0.4) is 0 Å². The number of rotatable bonds is 4. The first-order valence-corrected chi connectivity index (χ1v) is 6.95. The van der Waals surface area contributed by atoms with E-state index in [0.29, 0.717) is 12.8 Å². The number of hydrogen-bond donors (Lipinski definition) is 2. The molecular weight excluding hydrogens is 283 g/mol. The Hall–Kier alpha value is -1.56. The first-order valence-electron chi connectivity index (χ1n) is 6.95. The molecule has 1 aliphatic rings. The number of benzene rings is 1. The highest BCUT2D eigenvalue weighted by Gasteiger charge is 2.38. The first-order chi connectivity index (χ1) is 9.80. The van der Waals surface area contributed by atoms with Gasteiger partial charge in [0.25, 0.3) is 0 Å². The molecule has 0 amide bonds. The summed E-state index contributed by atoms with van der Waals surface area (Å²) in [5.74, 6) is -1.30. The van der Waals surface area contributed by atoms with Crippen LogP contribution < -0.4 is 5.32 Å². The van der Waals surface area contributed by atoms with Gasteiger partial charge in [0.2, 0.25) is 0 Å². The topological polar surface area (TPSA) is 49.3 Å². The summed E-state index contributed by atoms with van der Waals surface area (Å²) < 4.78 is 39.3. The van der Waals surface area contributed by atoms with Gasteiger partial charge in [-0.3, -0.25) is 4.79 Å². The van der Waals surface area contributed by atoms with Gasteiger partial charge >= 0.3 is 12.1 Å². The molecule has 0 bridgehead atoms. The fraction of sp³-hybridized carbons (Fsp3) is 0.533. The van der Waals surface area contributed by atoms with Gasteiger partial charge in [0.1, 0.15) is 6.04 Å². The molecule has 21 heavy (non-hydrogen) atoms. The summed E-state index contributed by atoms with van der Waals surface area (Å²) in [6.07, 6.45) is -2.27. The number of hydrogen-bond acceptors (Lipinski definition) is 2. The van der Waals surface area contributed by atoms with E-state index < -0.39 is 23.8 Å². The lowest BCUT2D eigenvalue weighted by atomic mass is 9.89. The van der Waals surface area contributed by atoms with Crippen LogP contribution in [0.1, 0.15) is 43.2 Å². The summed E-state index contributed by atoms with van der Waals surface area (Å²) in [5, 5.41) is 11.9. The third-order valence-corrected chi connectivity index (χ3v) is 4.02. The molecule has 3 unspecified atom stereocenters. The zero-order valence-corrected chi connectivity index (χ0v) is 11.7. The van der Waals surface area contributed by atoms with Crippen LogP contribution >= 0.6 is 0 Å². The van der Waals surface area contributed by atoms with Crippen LogP contribution in [-0.2, 0) is 11.0 Å². The highest BCUT2D eigenvalue weighted by Crippen LogP contribution is 2.41. The van der Waals surface area contributed by atoms with Gasteiger partial charge in [-0.2, -0.15) is 13.2 Å². The lowest BCUT2D eigenvalue weighted by Crippen LogP contribution is -2.42. The largest absolute Gasteiger partial charge is 0.480 e. The molecule has 0 aromatic heterocycles. The van der Waals surface area contributed by atoms with Crippen molar-refractivity contribution >= 4 is 5.97 Å². The third-order valence-electron chi connectivity index (χ3n) is 4.02. The molecule has 116 valence electrons. The Morgan fingerprint density at radius 2 is 2.00 bits per heavy atom. The van der Waals surface area contributed by atoms with Gasteiger partial charge in [0.05, 0.1) is 5.56 Å². The van der Waals surface area contributed by atoms with Crippen LogP contribution in [-0.4, -0.2) is 23.2 Å². The predicted molar refractivity (Wildman–Crippen MR) is 72.1 cm³/mol. The molecule has 0 spiro atoms. The summed E-state index contributed by atoms with van der Waals surface area (Å²) in [7, 11) is 0. The molecule has 2 rings (SSSR count). The minimum Gasteiger partial charge on any atom is -0.480 e. The van der Waals surface area contributed by atoms with Crippen molar-refractivity contribution < 1.29 is 23.1 Å². The fourth-order valence-electron chi connectivity index (χ4n) is 3.00. The third kappa shape index (κ3) is 3.56. The van der Waals surface area contributed by atoms with E-state index in [-0.39, 0.29) is 17.5 Å². The second kappa shape index (κ2) is 6.05. The highest BCUT2D eigenvalue weighted by molar-refractivity contribution is 5.72. The van der Waals surface area contributed by atoms with Crippen molar-refractivity contribution in [1.29, 1.82) is 0 Å². The highest BCUT2D eigenvalue weighted by atomic mass is 19.4. The fourth-order valence-corrected chi connectivity index (χ4v) is 3.00. The molecule has 3 nitrogen and oxygen atoms in total. The summed E-state index contributed by atoms with van der Waals surface area (Å²) in [5.41, 5.74) is -0.357. The van der Waals surface area contributed by atoms with Crippen molar-refractivity contribution in [3.63, 3.8) is 0 Å². The number of carbonyl (C=O) groups is 1. The Balaban J connectivity index is 2.26. The second-order valence-corrected chi connectivity index (χ2v) is 5.46. The molecule has 1 saturated carbocycles. The van der Waals surface area contributed by atoms with Gasteiger partial charge in [-0.05, 0) is 37.3 Å². The van der Waals surface area contributed by atoms with Gasteiger partial charge in [-0.25, -0.2) is 0 Å². The van der Waals surface area contributed by atoms with Crippen molar-refractivity contribution in [2.75, 3.05) is 0 Å². The van der Waals surface area contributed by atoms with Crippen LogP contribution in [0.2, 0.25) is 0 Å². The van der Waals surface area contributed by atoms with Crippen molar-refractivity contribution in [1.82, 2.24) is 5.32 Å². The standard InChI is InChI=1S/C15H18F3NO2/c1-9(14(20)21)19-13-8-4-6-11(13)10-5-2-3-7-12(10)15(16,17)18/h2-3,5,7,9,11,13,19H,4,6,8H2,1H3,(H,20,21). The summed E-state index contributed by atoms with van der Waals surface area (Å²) in [6.45, 7) is 1.51. The normalized spacial score (nSPS) is 24.0. The number of carboxylic acid groups (broad SMARTS) is 1. The number of alkyl halides is 3. The minimum atomic E-state index is -4.39. The van der Waals surface area contributed by atoms with Crippen LogP contribution in [0.15, 0.2) is 24.3 Å². The smallest absolute Gasteiger partial charge is 0.416 e. The molecule has 0 saturated heterocycles. The van der Waals surface area contributed by atoms with Crippen molar-refractivity contribution in [2.45, 2.75) is 50.4 Å². The van der Waals surface area contributed by atoms with E-state index in [1.807, 2.05) is 0 Å². The molecule has 2 N–H and O–H groups in total. The number of nitrogens with one attached hydrogen (secondary N) is 1. The van der Waals surface area contributed by atoms with E-state index in [2.05, 4.69) is 5.32 Å². The first kappa shape index (κ1) is 15.8. The molecule has 6 heteroatoms. The van der Waals surface area contributed by atoms with Gasteiger partial charge in [0, 0.05) is 6.04 Å². The number of carboxylic acids is 1. The molecule has 0 aliphatic heterocycles. The average Bonchev–Trinajstić information content (AvgIpc) is 2.85. The molecule has 0 heterocycles. The van der Waals surface area contributed by atoms with E-state index >= 15 is 0 Å². The maximum atomic E-state index is 13.1. The lowest BCUT2D eigenvalue weighted by molar-refractivity contribution is -0.140. The number of halogens is 3. The van der Waals surface area contributed by atoms with Gasteiger partial charge in [0.15, 0.2) is 0 Å². The molecule has 1 fully saturated rings. The summed E-state index contributed by atoms with van der Waals surface area (Å²) in [6, 6.07) is 4.56. The zero-order valence-electron chi connectivity index (χ0n) is 11.7. The van der Waals surface area contributed by atoms with E-state index in [9.17, 15) is 18.0 Å². The Morgan fingerprint density at radius 3 is 2.62 bits per heavy atom. The SMILES string of the molecule is CC(NC1CCCC1c1ccccc1C(F)(F)F)C(=O)O. The van der Waals surface area contributed by atoms with Crippen molar-refractivity contribution in [2.24, 2.45) is 0 Å². The van der Waals surface area contributed by atoms with Gasteiger partial charge < -0.3 is 10.4 Å². The molecular formula is C15H18F3NO2. The van der Waals surface area contributed by atoms with E-state index in [0.717, 1.165) is 12.5 Å². The average molecular weight is 301 g/mol. The van der Waals surface area contributed by atoms with Crippen molar-refractivity contribution in [3.8, 4) is 0 Å². The second-order valence-electron chi connectivity index (χ2n) is 5.46. The molecule has 1 aromatic rings.